The van der Waals surface area contributed by atoms with Crippen LogP contribution in [0.3, 0.4) is 0 Å². The van der Waals surface area contributed by atoms with Gasteiger partial charge in [-0.2, -0.15) is 15.6 Å². The Kier molecular flexibility index (Phi) is 3.82. The van der Waals surface area contributed by atoms with Crippen molar-refractivity contribution in [1.29, 1.82) is 10.5 Å². The number of hydrazine groups is 1. The highest BCUT2D eigenvalue weighted by atomic mass is 15.5. The molecule has 1 aromatic rings. The Balaban J connectivity index is 2.71. The Morgan fingerprint density at radius 1 is 1.38 bits per heavy atom. The maximum absolute atomic E-state index is 8.52. The van der Waals surface area contributed by atoms with Crippen LogP contribution in [-0.2, 0) is 0 Å². The standard InChI is InChI=1S/C10H10N6/c1-8-3-4-10(15-14-8)16(2)13-7-9(5-11)6-12/h3-4,7,13H,1-2H3. The van der Waals surface area contributed by atoms with E-state index in [1.807, 2.05) is 13.0 Å². The Hall–Kier alpha value is -2.60. The highest BCUT2D eigenvalue weighted by molar-refractivity contribution is 5.38. The number of rotatable bonds is 3. The average molecular weight is 214 g/mol. The van der Waals surface area contributed by atoms with E-state index in [-0.39, 0.29) is 5.57 Å². The van der Waals surface area contributed by atoms with Crippen LogP contribution in [0.1, 0.15) is 5.69 Å². The van der Waals surface area contributed by atoms with Gasteiger partial charge in [0.25, 0.3) is 0 Å². The Morgan fingerprint density at radius 2 is 2.06 bits per heavy atom. The van der Waals surface area contributed by atoms with E-state index in [1.54, 1.807) is 30.3 Å². The van der Waals surface area contributed by atoms with Crippen molar-refractivity contribution in [2.75, 3.05) is 12.1 Å². The molecule has 0 radical (unpaired) electrons. The third-order valence-corrected chi connectivity index (χ3v) is 1.77. The molecule has 0 saturated carbocycles. The molecule has 0 spiro atoms. The molecule has 0 bridgehead atoms. The Bertz CT molecular complexity index is 446. The zero-order chi connectivity index (χ0) is 12.0. The van der Waals surface area contributed by atoms with Crippen molar-refractivity contribution in [3.63, 3.8) is 0 Å². The van der Waals surface area contributed by atoms with Crippen molar-refractivity contribution in [1.82, 2.24) is 15.6 Å². The number of aryl methyl sites for hydroxylation is 1. The molecule has 0 aliphatic carbocycles. The number of hydrogen-bond donors (Lipinski definition) is 1. The van der Waals surface area contributed by atoms with Crippen LogP contribution < -0.4 is 10.4 Å². The van der Waals surface area contributed by atoms with Crippen LogP contribution >= 0.6 is 0 Å². The number of nitrogens with one attached hydrogen (secondary N) is 1. The molecular weight excluding hydrogens is 204 g/mol. The zero-order valence-electron chi connectivity index (χ0n) is 8.97. The molecule has 1 rings (SSSR count). The quantitative estimate of drug-likeness (QED) is 0.587. The second-order valence-corrected chi connectivity index (χ2v) is 3.00. The van der Waals surface area contributed by atoms with Crippen LogP contribution in [0.2, 0.25) is 0 Å². The van der Waals surface area contributed by atoms with E-state index in [2.05, 4.69) is 15.6 Å². The molecule has 0 aromatic carbocycles. The van der Waals surface area contributed by atoms with Crippen LogP contribution in [0.25, 0.3) is 0 Å². The van der Waals surface area contributed by atoms with Crippen molar-refractivity contribution in [2.45, 2.75) is 6.92 Å². The van der Waals surface area contributed by atoms with Crippen LogP contribution in [0, 0.1) is 29.6 Å². The summed E-state index contributed by atoms with van der Waals surface area (Å²) in [6.45, 7) is 1.84. The first kappa shape index (κ1) is 11.5. The predicted octanol–water partition coefficient (Wildman–Crippen LogP) is 0.657. The minimum atomic E-state index is -0.00748. The van der Waals surface area contributed by atoms with Crippen LogP contribution in [0.5, 0.6) is 0 Å². The molecule has 16 heavy (non-hydrogen) atoms. The van der Waals surface area contributed by atoms with Crippen molar-refractivity contribution in [2.24, 2.45) is 0 Å². The lowest BCUT2D eigenvalue weighted by Crippen LogP contribution is -2.31. The molecule has 1 N–H and O–H groups in total. The first-order chi connectivity index (χ1) is 7.67. The Labute approximate surface area is 93.4 Å². The number of nitrogens with zero attached hydrogens (tertiary/aromatic N) is 5. The first-order valence-corrected chi connectivity index (χ1v) is 4.48. The number of nitriles is 2. The van der Waals surface area contributed by atoms with E-state index in [9.17, 15) is 0 Å². The first-order valence-electron chi connectivity index (χ1n) is 4.48. The maximum Gasteiger partial charge on any atom is 0.169 e. The topological polar surface area (TPSA) is 88.6 Å². The summed E-state index contributed by atoms with van der Waals surface area (Å²) in [5.74, 6) is 0.595. The minimum Gasteiger partial charge on any atom is -0.303 e. The number of allylic oxidation sites excluding steroid dienone is 1. The number of hydrogen-bond acceptors (Lipinski definition) is 6. The molecule has 0 atom stereocenters. The van der Waals surface area contributed by atoms with E-state index in [4.69, 9.17) is 10.5 Å². The maximum atomic E-state index is 8.52. The fraction of sp³-hybridized carbons (Fsp3) is 0.200. The largest absolute Gasteiger partial charge is 0.303 e. The summed E-state index contributed by atoms with van der Waals surface area (Å²) in [6.07, 6.45) is 1.31. The summed E-state index contributed by atoms with van der Waals surface area (Å²) in [5.41, 5.74) is 3.56. The fourth-order valence-electron chi connectivity index (χ4n) is 0.888. The number of anilines is 1. The average Bonchev–Trinajstić information content (AvgIpc) is 2.31. The molecule has 0 saturated heterocycles. The van der Waals surface area contributed by atoms with E-state index in [0.29, 0.717) is 5.82 Å². The van der Waals surface area contributed by atoms with E-state index < -0.39 is 0 Å². The van der Waals surface area contributed by atoms with Gasteiger partial charge >= 0.3 is 0 Å². The van der Waals surface area contributed by atoms with Crippen LogP contribution in [0.4, 0.5) is 5.82 Å². The van der Waals surface area contributed by atoms with Gasteiger partial charge in [0, 0.05) is 13.2 Å². The summed E-state index contributed by atoms with van der Waals surface area (Å²) in [7, 11) is 1.71. The van der Waals surface area contributed by atoms with Gasteiger partial charge in [-0.15, -0.1) is 5.10 Å². The van der Waals surface area contributed by atoms with Gasteiger partial charge in [-0.25, -0.2) is 0 Å². The molecule has 6 heteroatoms. The highest BCUT2D eigenvalue weighted by Crippen LogP contribution is 2.04. The smallest absolute Gasteiger partial charge is 0.169 e. The molecule has 0 aliphatic heterocycles. The lowest BCUT2D eigenvalue weighted by Gasteiger charge is -2.16. The van der Waals surface area contributed by atoms with Gasteiger partial charge in [-0.1, -0.05) is 0 Å². The molecular formula is C10H10N6. The summed E-state index contributed by atoms with van der Waals surface area (Å²) in [5, 5.41) is 26.4. The van der Waals surface area contributed by atoms with Gasteiger partial charge in [0.15, 0.2) is 5.82 Å². The minimum absolute atomic E-state index is 0.00748. The van der Waals surface area contributed by atoms with Gasteiger partial charge in [0.2, 0.25) is 0 Å². The van der Waals surface area contributed by atoms with Gasteiger partial charge in [0.05, 0.1) is 5.69 Å². The molecule has 1 heterocycles. The fourth-order valence-corrected chi connectivity index (χ4v) is 0.888. The summed E-state index contributed by atoms with van der Waals surface area (Å²) >= 11 is 0. The second-order valence-electron chi connectivity index (χ2n) is 3.00. The summed E-state index contributed by atoms with van der Waals surface area (Å²) in [4.78, 5) is 0. The zero-order valence-corrected chi connectivity index (χ0v) is 8.97. The van der Waals surface area contributed by atoms with Gasteiger partial charge in [-0.3, -0.25) is 5.01 Å². The van der Waals surface area contributed by atoms with Crippen molar-refractivity contribution >= 4 is 5.82 Å². The Morgan fingerprint density at radius 3 is 2.56 bits per heavy atom. The number of aromatic nitrogens is 2. The summed E-state index contributed by atoms with van der Waals surface area (Å²) in [6, 6.07) is 7.08. The normalized spacial score (nSPS) is 8.50. The molecule has 6 nitrogen and oxygen atoms in total. The van der Waals surface area contributed by atoms with E-state index in [0.717, 1.165) is 5.69 Å². The lowest BCUT2D eigenvalue weighted by atomic mass is 10.4. The monoisotopic (exact) mass is 214 g/mol. The highest BCUT2D eigenvalue weighted by Gasteiger charge is 2.00. The van der Waals surface area contributed by atoms with Gasteiger partial charge in [0.1, 0.15) is 17.7 Å². The lowest BCUT2D eigenvalue weighted by molar-refractivity contribution is 0.794. The second kappa shape index (κ2) is 5.32. The van der Waals surface area contributed by atoms with Crippen molar-refractivity contribution < 1.29 is 0 Å². The van der Waals surface area contributed by atoms with Gasteiger partial charge < -0.3 is 5.43 Å². The third kappa shape index (κ3) is 2.96. The predicted molar refractivity (Wildman–Crippen MR) is 57.6 cm³/mol. The summed E-state index contributed by atoms with van der Waals surface area (Å²) < 4.78 is 0. The molecule has 0 unspecified atom stereocenters. The van der Waals surface area contributed by atoms with Gasteiger partial charge in [-0.05, 0) is 19.1 Å². The van der Waals surface area contributed by atoms with E-state index >= 15 is 0 Å². The molecule has 1 aromatic heterocycles. The van der Waals surface area contributed by atoms with E-state index in [1.165, 1.54) is 6.20 Å². The molecule has 0 aliphatic rings. The van der Waals surface area contributed by atoms with Crippen LogP contribution in [-0.4, -0.2) is 17.2 Å². The van der Waals surface area contributed by atoms with Crippen LogP contribution in [0.15, 0.2) is 23.9 Å². The molecule has 80 valence electrons. The van der Waals surface area contributed by atoms with Crippen molar-refractivity contribution in [3.8, 4) is 12.1 Å². The molecule has 0 amide bonds. The SMILES string of the molecule is Cc1ccc(N(C)NC=C(C#N)C#N)nn1. The molecule has 0 fully saturated rings. The van der Waals surface area contributed by atoms with Crippen molar-refractivity contribution in [3.05, 3.63) is 29.6 Å². The third-order valence-electron chi connectivity index (χ3n) is 1.77.